The maximum absolute atomic E-state index is 12.3. The topological polar surface area (TPSA) is 88.1 Å². The van der Waals surface area contributed by atoms with Crippen LogP contribution in [0.2, 0.25) is 0 Å². The second-order valence-corrected chi connectivity index (χ2v) is 4.56. The number of nitriles is 1. The lowest BCUT2D eigenvalue weighted by atomic mass is 10.1. The van der Waals surface area contributed by atoms with E-state index in [0.29, 0.717) is 28.3 Å². The third kappa shape index (κ3) is 3.12. The molecule has 0 bridgehead atoms. The zero-order chi connectivity index (χ0) is 15.4. The van der Waals surface area contributed by atoms with E-state index in [1.54, 1.807) is 36.4 Å². The van der Waals surface area contributed by atoms with E-state index in [9.17, 15) is 4.79 Å². The number of nitrogen functional groups attached to an aromatic ring is 1. The highest BCUT2D eigenvalue weighted by molar-refractivity contribution is 6.06. The molecule has 2 aromatic carbocycles. The van der Waals surface area contributed by atoms with Crippen LogP contribution < -0.4 is 15.8 Å². The van der Waals surface area contributed by atoms with E-state index >= 15 is 0 Å². The van der Waals surface area contributed by atoms with Gasteiger partial charge in [-0.3, -0.25) is 4.79 Å². The number of carbonyl (C=O) groups is 1. The maximum atomic E-state index is 12.3. The van der Waals surface area contributed by atoms with Crippen LogP contribution in [0.4, 0.5) is 11.4 Å². The molecule has 0 fully saturated rings. The number of nitrogens with two attached hydrogens (primary N) is 1. The highest BCUT2D eigenvalue weighted by Gasteiger charge is 2.13. The third-order valence-electron chi connectivity index (χ3n) is 3.09. The van der Waals surface area contributed by atoms with Gasteiger partial charge in [0.05, 0.1) is 24.3 Å². The first kappa shape index (κ1) is 14.4. The summed E-state index contributed by atoms with van der Waals surface area (Å²) in [7, 11) is 1.48. The van der Waals surface area contributed by atoms with Gasteiger partial charge in [0, 0.05) is 17.4 Å². The van der Waals surface area contributed by atoms with Crippen LogP contribution in [0.1, 0.15) is 21.5 Å². The summed E-state index contributed by atoms with van der Waals surface area (Å²) in [5.74, 6) is 0.0895. The Labute approximate surface area is 123 Å². The number of benzene rings is 2. The Morgan fingerprint density at radius 2 is 2.05 bits per heavy atom. The molecular weight excluding hydrogens is 266 g/mol. The summed E-state index contributed by atoms with van der Waals surface area (Å²) < 4.78 is 5.17. The molecular formula is C16H15N3O2. The van der Waals surface area contributed by atoms with Crippen LogP contribution in [0.25, 0.3) is 0 Å². The lowest BCUT2D eigenvalue weighted by Crippen LogP contribution is -2.14. The van der Waals surface area contributed by atoms with Crippen molar-refractivity contribution < 1.29 is 9.53 Å². The van der Waals surface area contributed by atoms with Crippen molar-refractivity contribution >= 4 is 17.3 Å². The van der Waals surface area contributed by atoms with Crippen molar-refractivity contribution in [2.45, 2.75) is 6.92 Å². The maximum Gasteiger partial charge on any atom is 0.259 e. The summed E-state index contributed by atoms with van der Waals surface area (Å²) in [5, 5.41) is 11.7. The number of anilines is 2. The predicted octanol–water partition coefficient (Wildman–Crippen LogP) is 2.71. The number of aryl methyl sites for hydroxylation is 1. The summed E-state index contributed by atoms with van der Waals surface area (Å²) in [6.07, 6.45) is 0. The van der Waals surface area contributed by atoms with Crippen LogP contribution in [0, 0.1) is 18.3 Å². The number of methoxy groups -OCH3 is 1. The molecule has 0 atom stereocenters. The van der Waals surface area contributed by atoms with E-state index in [4.69, 9.17) is 15.7 Å². The highest BCUT2D eigenvalue weighted by atomic mass is 16.5. The molecule has 106 valence electrons. The first-order valence-electron chi connectivity index (χ1n) is 6.30. The van der Waals surface area contributed by atoms with Crippen molar-refractivity contribution in [3.05, 3.63) is 53.1 Å². The summed E-state index contributed by atoms with van der Waals surface area (Å²) in [4.78, 5) is 12.3. The Morgan fingerprint density at radius 3 is 2.71 bits per heavy atom. The number of nitrogens with one attached hydrogen (secondary N) is 1. The van der Waals surface area contributed by atoms with Crippen molar-refractivity contribution in [1.29, 1.82) is 5.26 Å². The van der Waals surface area contributed by atoms with Crippen LogP contribution >= 0.6 is 0 Å². The van der Waals surface area contributed by atoms with Crippen molar-refractivity contribution in [2.24, 2.45) is 0 Å². The van der Waals surface area contributed by atoms with Crippen LogP contribution in [-0.2, 0) is 0 Å². The van der Waals surface area contributed by atoms with Gasteiger partial charge in [0.2, 0.25) is 0 Å². The molecule has 0 aliphatic heterocycles. The zero-order valence-corrected chi connectivity index (χ0v) is 11.8. The van der Waals surface area contributed by atoms with E-state index in [1.165, 1.54) is 7.11 Å². The van der Waals surface area contributed by atoms with E-state index in [0.717, 1.165) is 5.56 Å². The monoisotopic (exact) mass is 281 g/mol. The standard InChI is InChI=1S/C16H15N3O2/c1-10-3-4-11(9-17)7-14(10)19-16(20)13-6-5-12(18)8-15(13)21-2/h3-8H,18H2,1-2H3,(H,19,20). The van der Waals surface area contributed by atoms with Crippen LogP contribution in [0.15, 0.2) is 36.4 Å². The van der Waals surface area contributed by atoms with Gasteiger partial charge in [-0.25, -0.2) is 0 Å². The first-order valence-corrected chi connectivity index (χ1v) is 6.30. The molecule has 0 aliphatic carbocycles. The molecule has 0 aromatic heterocycles. The molecule has 0 aliphatic rings. The van der Waals surface area contributed by atoms with Crippen molar-refractivity contribution in [1.82, 2.24) is 0 Å². The van der Waals surface area contributed by atoms with E-state index in [2.05, 4.69) is 5.32 Å². The van der Waals surface area contributed by atoms with Crippen LogP contribution in [0.5, 0.6) is 5.75 Å². The fraction of sp³-hybridized carbons (Fsp3) is 0.125. The molecule has 5 heteroatoms. The van der Waals surface area contributed by atoms with Gasteiger partial charge in [-0.15, -0.1) is 0 Å². The quantitative estimate of drug-likeness (QED) is 0.847. The average Bonchev–Trinajstić information content (AvgIpc) is 2.49. The lowest BCUT2D eigenvalue weighted by Gasteiger charge is -2.12. The molecule has 2 aromatic rings. The zero-order valence-electron chi connectivity index (χ0n) is 11.8. The number of hydrogen-bond donors (Lipinski definition) is 2. The molecule has 0 heterocycles. The highest BCUT2D eigenvalue weighted by Crippen LogP contribution is 2.24. The van der Waals surface area contributed by atoms with Gasteiger partial charge >= 0.3 is 0 Å². The molecule has 0 radical (unpaired) electrons. The van der Waals surface area contributed by atoms with E-state index in [-0.39, 0.29) is 5.91 Å². The van der Waals surface area contributed by atoms with Gasteiger partial charge in [0.1, 0.15) is 5.75 Å². The number of nitrogens with zero attached hydrogens (tertiary/aromatic N) is 1. The average molecular weight is 281 g/mol. The fourth-order valence-corrected chi connectivity index (χ4v) is 1.91. The summed E-state index contributed by atoms with van der Waals surface area (Å²) in [6.45, 7) is 1.86. The second-order valence-electron chi connectivity index (χ2n) is 4.56. The molecule has 0 saturated heterocycles. The molecule has 1 amide bonds. The molecule has 0 spiro atoms. The summed E-state index contributed by atoms with van der Waals surface area (Å²) in [6, 6.07) is 12.0. The fourth-order valence-electron chi connectivity index (χ4n) is 1.91. The first-order chi connectivity index (χ1) is 10.0. The minimum Gasteiger partial charge on any atom is -0.496 e. The van der Waals surface area contributed by atoms with Crippen LogP contribution in [-0.4, -0.2) is 13.0 Å². The normalized spacial score (nSPS) is 9.76. The molecule has 3 N–H and O–H groups in total. The van der Waals surface area contributed by atoms with Crippen LogP contribution in [0.3, 0.4) is 0 Å². The Morgan fingerprint density at radius 1 is 1.29 bits per heavy atom. The lowest BCUT2D eigenvalue weighted by molar-refractivity contribution is 0.102. The molecule has 2 rings (SSSR count). The second kappa shape index (κ2) is 5.97. The molecule has 5 nitrogen and oxygen atoms in total. The predicted molar refractivity (Wildman–Crippen MR) is 81.3 cm³/mol. The van der Waals surface area contributed by atoms with Crippen molar-refractivity contribution in [3.63, 3.8) is 0 Å². The van der Waals surface area contributed by atoms with E-state index < -0.39 is 0 Å². The van der Waals surface area contributed by atoms with Gasteiger partial charge in [0.25, 0.3) is 5.91 Å². The molecule has 0 saturated carbocycles. The third-order valence-corrected chi connectivity index (χ3v) is 3.09. The number of hydrogen-bond acceptors (Lipinski definition) is 4. The van der Waals surface area contributed by atoms with E-state index in [1.807, 2.05) is 13.0 Å². The van der Waals surface area contributed by atoms with Gasteiger partial charge < -0.3 is 15.8 Å². The minimum atomic E-state index is -0.315. The van der Waals surface area contributed by atoms with Gasteiger partial charge in [-0.1, -0.05) is 6.07 Å². The van der Waals surface area contributed by atoms with Gasteiger partial charge in [-0.2, -0.15) is 5.26 Å². The van der Waals surface area contributed by atoms with Gasteiger partial charge in [-0.05, 0) is 36.8 Å². The summed E-state index contributed by atoms with van der Waals surface area (Å²) in [5.41, 5.74) is 8.53. The smallest absolute Gasteiger partial charge is 0.259 e. The largest absolute Gasteiger partial charge is 0.496 e. The number of rotatable bonds is 3. The number of ether oxygens (including phenoxy) is 1. The minimum absolute atomic E-state index is 0.315. The SMILES string of the molecule is COc1cc(N)ccc1C(=O)Nc1cc(C#N)ccc1C. The molecule has 0 unspecified atom stereocenters. The Bertz CT molecular complexity index is 733. The Kier molecular flexibility index (Phi) is 4.10. The van der Waals surface area contributed by atoms with Crippen molar-refractivity contribution in [3.8, 4) is 11.8 Å². The Hall–Kier alpha value is -3.00. The molecule has 21 heavy (non-hydrogen) atoms. The Balaban J connectivity index is 2.32. The summed E-state index contributed by atoms with van der Waals surface area (Å²) >= 11 is 0. The number of carbonyl (C=O) groups excluding carboxylic acids is 1. The number of amides is 1. The van der Waals surface area contributed by atoms with Gasteiger partial charge in [0.15, 0.2) is 0 Å². The van der Waals surface area contributed by atoms with Crippen molar-refractivity contribution in [2.75, 3.05) is 18.2 Å².